The second-order valence-electron chi connectivity index (χ2n) is 3.65. The van der Waals surface area contributed by atoms with E-state index in [4.69, 9.17) is 16.3 Å². The summed E-state index contributed by atoms with van der Waals surface area (Å²) in [6.45, 7) is 2.20. The Kier molecular flexibility index (Phi) is 3.64. The summed E-state index contributed by atoms with van der Waals surface area (Å²) < 4.78 is 4.90. The molecule has 1 N–H and O–H groups in total. The number of hydrogen-bond donors (Lipinski definition) is 1. The summed E-state index contributed by atoms with van der Waals surface area (Å²) in [4.78, 5) is 18.7. The predicted octanol–water partition coefficient (Wildman–Crippen LogP) is 2.41. The lowest BCUT2D eigenvalue weighted by molar-refractivity contribution is -0.142. The molecule has 0 aliphatic carbocycles. The van der Waals surface area contributed by atoms with Gasteiger partial charge >= 0.3 is 5.97 Å². The standard InChI is InChI=1S/C12H13ClN2O2/c1-2-17-12(16)6-8-3-4-9-10(5-8)15-11(7-13)14-9/h3-5H,2,6-7H2,1H3,(H,14,15). The van der Waals surface area contributed by atoms with Gasteiger partial charge in [-0.05, 0) is 24.6 Å². The number of esters is 1. The van der Waals surface area contributed by atoms with E-state index in [0.29, 0.717) is 12.5 Å². The van der Waals surface area contributed by atoms with Crippen LogP contribution in [0.5, 0.6) is 0 Å². The number of carbonyl (C=O) groups excluding carboxylic acids is 1. The normalized spacial score (nSPS) is 10.7. The number of alkyl halides is 1. The number of fused-ring (bicyclic) bond motifs is 1. The van der Waals surface area contributed by atoms with Gasteiger partial charge in [-0.1, -0.05) is 6.07 Å². The fraction of sp³-hybridized carbons (Fsp3) is 0.333. The third-order valence-corrected chi connectivity index (χ3v) is 2.63. The van der Waals surface area contributed by atoms with Crippen molar-refractivity contribution in [2.45, 2.75) is 19.2 Å². The number of halogens is 1. The molecule has 2 aromatic rings. The summed E-state index contributed by atoms with van der Waals surface area (Å²) in [6, 6.07) is 5.64. The molecular weight excluding hydrogens is 240 g/mol. The number of nitrogens with one attached hydrogen (secondary N) is 1. The topological polar surface area (TPSA) is 55.0 Å². The van der Waals surface area contributed by atoms with Gasteiger partial charge in [0.05, 0.1) is 29.9 Å². The molecule has 0 amide bonds. The molecule has 0 bridgehead atoms. The van der Waals surface area contributed by atoms with Crippen LogP contribution in [0.15, 0.2) is 18.2 Å². The van der Waals surface area contributed by atoms with Crippen molar-refractivity contribution in [2.24, 2.45) is 0 Å². The summed E-state index contributed by atoms with van der Waals surface area (Å²) in [6.07, 6.45) is 0.277. The van der Waals surface area contributed by atoms with Crippen molar-refractivity contribution >= 4 is 28.6 Å². The molecule has 1 heterocycles. The van der Waals surface area contributed by atoms with Crippen LogP contribution in [0, 0.1) is 0 Å². The number of rotatable bonds is 4. The van der Waals surface area contributed by atoms with Gasteiger partial charge in [-0.25, -0.2) is 4.98 Å². The highest BCUT2D eigenvalue weighted by molar-refractivity contribution is 6.16. The van der Waals surface area contributed by atoms with Gasteiger partial charge in [0.1, 0.15) is 5.82 Å². The molecule has 0 aliphatic rings. The number of aromatic nitrogens is 2. The zero-order valence-electron chi connectivity index (χ0n) is 9.50. The number of imidazole rings is 1. The highest BCUT2D eigenvalue weighted by atomic mass is 35.5. The predicted molar refractivity (Wildman–Crippen MR) is 66.0 cm³/mol. The third-order valence-electron chi connectivity index (χ3n) is 2.38. The lowest BCUT2D eigenvalue weighted by atomic mass is 10.1. The van der Waals surface area contributed by atoms with E-state index in [9.17, 15) is 4.79 Å². The Bertz CT molecular complexity index is 536. The van der Waals surface area contributed by atoms with Gasteiger partial charge in [-0.2, -0.15) is 0 Å². The average Bonchev–Trinajstić information content (AvgIpc) is 2.71. The molecule has 0 atom stereocenters. The maximum atomic E-state index is 11.3. The van der Waals surface area contributed by atoms with Crippen LogP contribution in [-0.2, 0) is 21.8 Å². The lowest BCUT2D eigenvalue weighted by Crippen LogP contribution is -2.07. The maximum absolute atomic E-state index is 11.3. The van der Waals surface area contributed by atoms with Gasteiger partial charge in [-0.3, -0.25) is 4.79 Å². The summed E-state index contributed by atoms with van der Waals surface area (Å²) in [7, 11) is 0. The zero-order valence-corrected chi connectivity index (χ0v) is 10.3. The molecule has 17 heavy (non-hydrogen) atoms. The molecule has 1 aromatic heterocycles. The zero-order chi connectivity index (χ0) is 12.3. The van der Waals surface area contributed by atoms with Crippen LogP contribution in [0.3, 0.4) is 0 Å². The molecule has 0 fully saturated rings. The van der Waals surface area contributed by atoms with E-state index >= 15 is 0 Å². The summed E-state index contributed by atoms with van der Waals surface area (Å²) in [5.74, 6) is 0.862. The fourth-order valence-corrected chi connectivity index (χ4v) is 1.79. The highest BCUT2D eigenvalue weighted by Crippen LogP contribution is 2.15. The fourth-order valence-electron chi connectivity index (χ4n) is 1.66. The Morgan fingerprint density at radius 3 is 3.06 bits per heavy atom. The van der Waals surface area contributed by atoms with Crippen molar-refractivity contribution in [3.63, 3.8) is 0 Å². The first kappa shape index (κ1) is 11.9. The number of nitrogens with zero attached hydrogens (tertiary/aromatic N) is 1. The smallest absolute Gasteiger partial charge is 0.310 e. The van der Waals surface area contributed by atoms with Crippen LogP contribution in [0.1, 0.15) is 18.3 Å². The summed E-state index contributed by atoms with van der Waals surface area (Å²) in [5, 5.41) is 0. The molecule has 0 unspecified atom stereocenters. The number of hydrogen-bond acceptors (Lipinski definition) is 3. The first-order chi connectivity index (χ1) is 8.22. The van der Waals surface area contributed by atoms with Gasteiger partial charge < -0.3 is 9.72 Å². The number of aromatic amines is 1. The molecular formula is C12H13ClN2O2. The molecule has 2 rings (SSSR count). The van der Waals surface area contributed by atoms with Gasteiger partial charge in [0.15, 0.2) is 0 Å². The Morgan fingerprint density at radius 2 is 2.35 bits per heavy atom. The SMILES string of the molecule is CCOC(=O)Cc1ccc2nc(CCl)[nH]c2c1. The number of H-pyrrole nitrogens is 1. The number of carbonyl (C=O) groups is 1. The first-order valence-corrected chi connectivity index (χ1v) is 5.95. The van der Waals surface area contributed by atoms with E-state index in [1.54, 1.807) is 6.92 Å². The van der Waals surface area contributed by atoms with E-state index in [1.165, 1.54) is 0 Å². The largest absolute Gasteiger partial charge is 0.466 e. The van der Waals surface area contributed by atoms with Crippen LogP contribution in [0.25, 0.3) is 11.0 Å². The van der Waals surface area contributed by atoms with Gasteiger partial charge in [0.25, 0.3) is 0 Å². The second-order valence-corrected chi connectivity index (χ2v) is 3.92. The Hall–Kier alpha value is -1.55. The van der Waals surface area contributed by atoms with E-state index in [0.717, 1.165) is 22.4 Å². The molecule has 90 valence electrons. The Morgan fingerprint density at radius 1 is 1.53 bits per heavy atom. The third kappa shape index (κ3) is 2.77. The molecule has 0 aliphatic heterocycles. The molecule has 1 aromatic carbocycles. The number of benzene rings is 1. The van der Waals surface area contributed by atoms with Gasteiger partial charge in [0.2, 0.25) is 0 Å². The molecule has 0 saturated heterocycles. The number of ether oxygens (including phenoxy) is 1. The van der Waals surface area contributed by atoms with E-state index in [-0.39, 0.29) is 12.4 Å². The minimum Gasteiger partial charge on any atom is -0.466 e. The van der Waals surface area contributed by atoms with Crippen molar-refractivity contribution in [1.29, 1.82) is 0 Å². The van der Waals surface area contributed by atoms with Crippen LogP contribution in [0.2, 0.25) is 0 Å². The Balaban J connectivity index is 2.21. The van der Waals surface area contributed by atoms with E-state index in [1.807, 2.05) is 18.2 Å². The van der Waals surface area contributed by atoms with Crippen molar-refractivity contribution in [1.82, 2.24) is 9.97 Å². The first-order valence-electron chi connectivity index (χ1n) is 5.42. The Labute approximate surface area is 104 Å². The monoisotopic (exact) mass is 252 g/mol. The van der Waals surface area contributed by atoms with Crippen LogP contribution < -0.4 is 0 Å². The highest BCUT2D eigenvalue weighted by Gasteiger charge is 2.07. The molecule has 0 spiro atoms. The average molecular weight is 253 g/mol. The lowest BCUT2D eigenvalue weighted by Gasteiger charge is -2.01. The molecule has 0 radical (unpaired) electrons. The van der Waals surface area contributed by atoms with E-state index in [2.05, 4.69) is 9.97 Å². The molecule has 4 nitrogen and oxygen atoms in total. The minimum absolute atomic E-state index is 0.219. The van der Waals surface area contributed by atoms with Gasteiger partial charge in [-0.15, -0.1) is 11.6 Å². The second kappa shape index (κ2) is 5.19. The van der Waals surface area contributed by atoms with Crippen molar-refractivity contribution in [2.75, 3.05) is 6.61 Å². The van der Waals surface area contributed by atoms with Crippen LogP contribution in [-0.4, -0.2) is 22.5 Å². The molecule has 5 heteroatoms. The summed E-state index contributed by atoms with van der Waals surface area (Å²) >= 11 is 5.70. The van der Waals surface area contributed by atoms with Crippen molar-refractivity contribution in [3.8, 4) is 0 Å². The van der Waals surface area contributed by atoms with Gasteiger partial charge in [0, 0.05) is 0 Å². The quantitative estimate of drug-likeness (QED) is 0.672. The van der Waals surface area contributed by atoms with Crippen molar-refractivity contribution in [3.05, 3.63) is 29.6 Å². The van der Waals surface area contributed by atoms with Crippen molar-refractivity contribution < 1.29 is 9.53 Å². The molecule has 0 saturated carbocycles. The summed E-state index contributed by atoms with van der Waals surface area (Å²) in [5.41, 5.74) is 2.65. The minimum atomic E-state index is -0.219. The van der Waals surface area contributed by atoms with Crippen LogP contribution in [0.4, 0.5) is 0 Å². The van der Waals surface area contributed by atoms with E-state index < -0.39 is 0 Å². The van der Waals surface area contributed by atoms with Crippen LogP contribution >= 0.6 is 11.6 Å². The maximum Gasteiger partial charge on any atom is 0.310 e.